The minimum atomic E-state index is -0.998. The zero-order valence-electron chi connectivity index (χ0n) is 12.7. The summed E-state index contributed by atoms with van der Waals surface area (Å²) in [6, 6.07) is 7.30. The second kappa shape index (κ2) is 4.68. The van der Waals surface area contributed by atoms with E-state index < -0.39 is 5.97 Å². The van der Waals surface area contributed by atoms with Crippen molar-refractivity contribution in [2.24, 2.45) is 11.3 Å². The van der Waals surface area contributed by atoms with Gasteiger partial charge in [0, 0.05) is 11.6 Å². The third-order valence-electron chi connectivity index (χ3n) is 5.00. The van der Waals surface area contributed by atoms with Crippen molar-refractivity contribution in [2.45, 2.75) is 26.2 Å². The van der Waals surface area contributed by atoms with Crippen molar-refractivity contribution in [3.8, 4) is 5.69 Å². The van der Waals surface area contributed by atoms with Gasteiger partial charge in [-0.2, -0.15) is 5.10 Å². The van der Waals surface area contributed by atoms with Crippen molar-refractivity contribution in [3.05, 3.63) is 41.7 Å². The van der Waals surface area contributed by atoms with Gasteiger partial charge in [0.1, 0.15) is 5.56 Å². The highest BCUT2D eigenvalue weighted by Crippen LogP contribution is 2.70. The van der Waals surface area contributed by atoms with Crippen LogP contribution >= 0.6 is 0 Å². The molecule has 1 amide bonds. The van der Waals surface area contributed by atoms with Crippen LogP contribution in [0.5, 0.6) is 0 Å². The normalized spacial score (nSPS) is 20.3. The number of carbonyl (C=O) groups excluding carboxylic acids is 1. The number of hydrogen-bond donors (Lipinski definition) is 2. The topological polar surface area (TPSA) is 84.2 Å². The molecule has 1 aromatic carbocycles. The van der Waals surface area contributed by atoms with Crippen LogP contribution in [-0.2, 0) is 4.79 Å². The lowest BCUT2D eigenvalue weighted by molar-refractivity contribution is -0.117. The quantitative estimate of drug-likeness (QED) is 0.909. The van der Waals surface area contributed by atoms with Gasteiger partial charge in [-0.25, -0.2) is 9.48 Å². The van der Waals surface area contributed by atoms with Gasteiger partial charge in [0.2, 0.25) is 5.91 Å². The van der Waals surface area contributed by atoms with Crippen molar-refractivity contribution < 1.29 is 14.7 Å². The summed E-state index contributed by atoms with van der Waals surface area (Å²) in [5.74, 6) is -0.749. The molecule has 2 aromatic rings. The third-order valence-corrected chi connectivity index (χ3v) is 5.00. The molecule has 6 heteroatoms. The van der Waals surface area contributed by atoms with Crippen LogP contribution in [0.25, 0.3) is 5.69 Å². The summed E-state index contributed by atoms with van der Waals surface area (Å²) in [4.78, 5) is 23.3. The van der Waals surface area contributed by atoms with E-state index in [4.69, 9.17) is 5.11 Å². The number of rotatable bonds is 4. The van der Waals surface area contributed by atoms with Gasteiger partial charge in [0.05, 0.1) is 17.6 Å². The third kappa shape index (κ3) is 2.30. The molecule has 1 unspecified atom stereocenters. The molecule has 2 aliphatic rings. The predicted molar refractivity (Wildman–Crippen MR) is 83.7 cm³/mol. The number of benzene rings is 1. The SMILES string of the molecule is Cc1c(C(=O)O)cnn1-c1cccc(NC(=O)C2CC23CC3)c1. The molecule has 1 spiro atoms. The Morgan fingerprint density at radius 3 is 2.78 bits per heavy atom. The van der Waals surface area contributed by atoms with E-state index in [2.05, 4.69) is 10.4 Å². The molecule has 6 nitrogen and oxygen atoms in total. The lowest BCUT2D eigenvalue weighted by atomic mass is 10.2. The number of carbonyl (C=O) groups is 2. The van der Waals surface area contributed by atoms with Crippen LogP contribution in [-0.4, -0.2) is 26.8 Å². The number of anilines is 1. The van der Waals surface area contributed by atoms with E-state index in [1.165, 1.54) is 19.0 Å². The Hall–Kier alpha value is -2.63. The molecule has 118 valence electrons. The van der Waals surface area contributed by atoms with Crippen LogP contribution < -0.4 is 5.32 Å². The number of aromatic nitrogens is 2. The van der Waals surface area contributed by atoms with E-state index in [9.17, 15) is 9.59 Å². The Balaban J connectivity index is 1.56. The molecule has 0 radical (unpaired) electrons. The summed E-state index contributed by atoms with van der Waals surface area (Å²) in [5.41, 5.74) is 2.50. The monoisotopic (exact) mass is 311 g/mol. The molecule has 2 aliphatic carbocycles. The molecule has 2 saturated carbocycles. The van der Waals surface area contributed by atoms with Gasteiger partial charge < -0.3 is 10.4 Å². The number of aromatic carboxylic acids is 1. The number of hydrogen-bond acceptors (Lipinski definition) is 3. The Morgan fingerprint density at radius 1 is 1.39 bits per heavy atom. The number of nitrogens with one attached hydrogen (secondary N) is 1. The maximum absolute atomic E-state index is 12.2. The lowest BCUT2D eigenvalue weighted by Gasteiger charge is -2.09. The van der Waals surface area contributed by atoms with Crippen molar-refractivity contribution in [2.75, 3.05) is 5.32 Å². The average molecular weight is 311 g/mol. The Bertz CT molecular complexity index is 820. The smallest absolute Gasteiger partial charge is 0.339 e. The molecule has 1 atom stereocenters. The second-order valence-corrected chi connectivity index (χ2v) is 6.52. The van der Waals surface area contributed by atoms with Crippen LogP contribution in [0, 0.1) is 18.3 Å². The molecule has 1 aromatic heterocycles. The molecule has 23 heavy (non-hydrogen) atoms. The first kappa shape index (κ1) is 14.0. The van der Waals surface area contributed by atoms with Crippen molar-refractivity contribution in [1.82, 2.24) is 9.78 Å². The molecule has 4 rings (SSSR count). The van der Waals surface area contributed by atoms with Gasteiger partial charge in [0.15, 0.2) is 0 Å². The van der Waals surface area contributed by atoms with Gasteiger partial charge in [-0.3, -0.25) is 4.79 Å². The second-order valence-electron chi connectivity index (χ2n) is 6.52. The van der Waals surface area contributed by atoms with Crippen molar-refractivity contribution in [3.63, 3.8) is 0 Å². The fourth-order valence-electron chi connectivity index (χ4n) is 3.26. The summed E-state index contributed by atoms with van der Waals surface area (Å²) < 4.78 is 1.57. The van der Waals surface area contributed by atoms with Crippen LogP contribution in [0.15, 0.2) is 30.5 Å². The van der Waals surface area contributed by atoms with Crippen molar-refractivity contribution >= 4 is 17.6 Å². The van der Waals surface area contributed by atoms with Gasteiger partial charge in [-0.05, 0) is 49.8 Å². The summed E-state index contributed by atoms with van der Waals surface area (Å²) >= 11 is 0. The minimum Gasteiger partial charge on any atom is -0.478 e. The van der Waals surface area contributed by atoms with Gasteiger partial charge in [0.25, 0.3) is 0 Å². The highest BCUT2D eigenvalue weighted by molar-refractivity contribution is 5.95. The number of nitrogens with zero attached hydrogens (tertiary/aromatic N) is 2. The summed E-state index contributed by atoms with van der Waals surface area (Å²) in [6.07, 6.45) is 4.70. The van der Waals surface area contributed by atoms with Crippen molar-refractivity contribution in [1.29, 1.82) is 0 Å². The molecule has 0 saturated heterocycles. The molecule has 0 bridgehead atoms. The molecule has 2 fully saturated rings. The van der Waals surface area contributed by atoms with E-state index in [0.717, 1.165) is 12.1 Å². The number of carboxylic acids is 1. The number of carboxylic acid groups (broad SMARTS) is 1. The van der Waals surface area contributed by atoms with E-state index in [0.29, 0.717) is 16.8 Å². The Labute approximate surface area is 133 Å². The molecular formula is C17H17N3O3. The van der Waals surface area contributed by atoms with Crippen LogP contribution in [0.4, 0.5) is 5.69 Å². The molecular weight excluding hydrogens is 294 g/mol. The van der Waals surface area contributed by atoms with Gasteiger partial charge in [-0.15, -0.1) is 0 Å². The van der Waals surface area contributed by atoms with E-state index in [-0.39, 0.29) is 17.4 Å². The zero-order chi connectivity index (χ0) is 16.2. The van der Waals surface area contributed by atoms with E-state index in [1.54, 1.807) is 11.6 Å². The number of amides is 1. The predicted octanol–water partition coefficient (Wildman–Crippen LogP) is 2.62. The zero-order valence-corrected chi connectivity index (χ0v) is 12.7. The van der Waals surface area contributed by atoms with Gasteiger partial charge >= 0.3 is 5.97 Å². The first-order valence-electron chi connectivity index (χ1n) is 7.69. The van der Waals surface area contributed by atoms with Gasteiger partial charge in [-0.1, -0.05) is 6.07 Å². The summed E-state index contributed by atoms with van der Waals surface area (Å²) in [5, 5.41) is 16.2. The average Bonchev–Trinajstić information content (AvgIpc) is 3.41. The highest BCUT2D eigenvalue weighted by Gasteiger charge is 2.65. The van der Waals surface area contributed by atoms with Crippen LogP contribution in [0.1, 0.15) is 35.3 Å². The highest BCUT2D eigenvalue weighted by atomic mass is 16.4. The first-order chi connectivity index (χ1) is 11.0. The lowest BCUT2D eigenvalue weighted by Crippen LogP contribution is -2.15. The largest absolute Gasteiger partial charge is 0.478 e. The Morgan fingerprint density at radius 2 is 2.17 bits per heavy atom. The first-order valence-corrected chi connectivity index (χ1v) is 7.69. The fraction of sp³-hybridized carbons (Fsp3) is 0.353. The molecule has 2 N–H and O–H groups in total. The maximum atomic E-state index is 12.2. The summed E-state index contributed by atoms with van der Waals surface area (Å²) in [7, 11) is 0. The Kier molecular flexibility index (Phi) is 2.85. The maximum Gasteiger partial charge on any atom is 0.339 e. The minimum absolute atomic E-state index is 0.0862. The van der Waals surface area contributed by atoms with E-state index >= 15 is 0 Å². The summed E-state index contributed by atoms with van der Waals surface area (Å²) in [6.45, 7) is 1.71. The standard InChI is InChI=1S/C17H17N3O3/c1-10-13(16(22)23)9-18-20(10)12-4-2-3-11(7-12)19-15(21)14-8-17(14)5-6-17/h2-4,7,9,14H,5-6,8H2,1H3,(H,19,21)(H,22,23). The molecule has 0 aliphatic heterocycles. The fourth-order valence-corrected chi connectivity index (χ4v) is 3.26. The molecule has 1 heterocycles. The van der Waals surface area contributed by atoms with Crippen LogP contribution in [0.2, 0.25) is 0 Å². The van der Waals surface area contributed by atoms with Crippen LogP contribution in [0.3, 0.4) is 0 Å². The van der Waals surface area contributed by atoms with E-state index in [1.807, 2.05) is 24.3 Å².